The molecule has 2 heterocycles. The molecule has 5 heteroatoms. The number of nitrogens with zero attached hydrogens (tertiary/aromatic N) is 1. The molecular weight excluding hydrogens is 290 g/mol. The van der Waals surface area contributed by atoms with E-state index < -0.39 is 0 Å². The summed E-state index contributed by atoms with van der Waals surface area (Å²) in [7, 11) is 0. The quantitative estimate of drug-likeness (QED) is 0.811. The predicted molar refractivity (Wildman–Crippen MR) is 91.5 cm³/mol. The second-order valence-corrected chi connectivity index (χ2v) is 6.55. The number of aromatic amines is 1. The summed E-state index contributed by atoms with van der Waals surface area (Å²) < 4.78 is 0. The highest BCUT2D eigenvalue weighted by atomic mass is 16.3. The number of likely N-dealkylation sites (tertiary alicyclic amines) is 1. The zero-order valence-corrected chi connectivity index (χ0v) is 13.8. The first-order valence-electron chi connectivity index (χ1n) is 8.32. The van der Waals surface area contributed by atoms with E-state index in [1.54, 1.807) is 4.90 Å². The summed E-state index contributed by atoms with van der Waals surface area (Å²) >= 11 is 0. The molecule has 1 aliphatic rings. The summed E-state index contributed by atoms with van der Waals surface area (Å²) in [5, 5.41) is 13.6. The van der Waals surface area contributed by atoms with Crippen LogP contribution in [0.4, 0.5) is 4.79 Å². The van der Waals surface area contributed by atoms with Gasteiger partial charge >= 0.3 is 6.03 Å². The van der Waals surface area contributed by atoms with Crippen LogP contribution in [-0.2, 0) is 6.42 Å². The zero-order chi connectivity index (χ0) is 16.4. The number of urea groups is 1. The summed E-state index contributed by atoms with van der Waals surface area (Å²) in [6.45, 7) is 5.53. The van der Waals surface area contributed by atoms with Gasteiger partial charge in [0.2, 0.25) is 0 Å². The molecule has 23 heavy (non-hydrogen) atoms. The summed E-state index contributed by atoms with van der Waals surface area (Å²) in [5.74, 6) is 0.364. The van der Waals surface area contributed by atoms with Gasteiger partial charge in [-0.05, 0) is 42.9 Å². The average molecular weight is 315 g/mol. The molecule has 1 aromatic carbocycles. The monoisotopic (exact) mass is 315 g/mol. The molecule has 2 aromatic rings. The van der Waals surface area contributed by atoms with Gasteiger partial charge in [0, 0.05) is 30.2 Å². The third-order valence-electron chi connectivity index (χ3n) is 4.92. The number of rotatable bonds is 4. The summed E-state index contributed by atoms with van der Waals surface area (Å²) in [5.41, 5.74) is 3.59. The van der Waals surface area contributed by atoms with Gasteiger partial charge in [0.15, 0.2) is 0 Å². The Kier molecular flexibility index (Phi) is 4.57. The van der Waals surface area contributed by atoms with Gasteiger partial charge in [-0.1, -0.05) is 19.1 Å². The molecule has 2 unspecified atom stereocenters. The minimum absolute atomic E-state index is 0.0381. The van der Waals surface area contributed by atoms with Gasteiger partial charge < -0.3 is 20.3 Å². The maximum absolute atomic E-state index is 12.3. The average Bonchev–Trinajstić information content (AvgIpc) is 3.10. The Morgan fingerprint density at radius 1 is 1.48 bits per heavy atom. The highest BCUT2D eigenvalue weighted by molar-refractivity contribution is 5.84. The largest absolute Gasteiger partial charge is 0.394 e. The van der Waals surface area contributed by atoms with Gasteiger partial charge in [0.05, 0.1) is 12.6 Å². The smallest absolute Gasteiger partial charge is 0.317 e. The Morgan fingerprint density at radius 2 is 2.30 bits per heavy atom. The van der Waals surface area contributed by atoms with Crippen LogP contribution in [0.1, 0.15) is 24.5 Å². The number of carbonyl (C=O) groups excluding carboxylic acids is 1. The van der Waals surface area contributed by atoms with Crippen molar-refractivity contribution in [1.82, 2.24) is 15.2 Å². The number of fused-ring (bicyclic) bond motifs is 1. The number of aryl methyl sites for hydroxylation is 1. The van der Waals surface area contributed by atoms with E-state index in [1.165, 1.54) is 16.5 Å². The highest BCUT2D eigenvalue weighted by Crippen LogP contribution is 2.23. The third-order valence-corrected chi connectivity index (χ3v) is 4.92. The van der Waals surface area contributed by atoms with Crippen molar-refractivity contribution in [3.63, 3.8) is 0 Å². The van der Waals surface area contributed by atoms with Gasteiger partial charge in [0.25, 0.3) is 0 Å². The molecule has 0 radical (unpaired) electrons. The fourth-order valence-electron chi connectivity index (χ4n) is 3.45. The van der Waals surface area contributed by atoms with Crippen LogP contribution in [0, 0.1) is 12.8 Å². The fourth-order valence-corrected chi connectivity index (χ4v) is 3.45. The number of benzene rings is 1. The van der Waals surface area contributed by atoms with Crippen LogP contribution in [0.3, 0.4) is 0 Å². The number of aromatic nitrogens is 1. The lowest BCUT2D eigenvalue weighted by Gasteiger charge is -2.25. The van der Waals surface area contributed by atoms with Gasteiger partial charge in [-0.15, -0.1) is 0 Å². The minimum atomic E-state index is -0.0657. The zero-order valence-electron chi connectivity index (χ0n) is 13.8. The van der Waals surface area contributed by atoms with Crippen molar-refractivity contribution in [2.45, 2.75) is 32.7 Å². The molecule has 0 bridgehead atoms. The van der Waals surface area contributed by atoms with Crippen LogP contribution in [0.2, 0.25) is 0 Å². The molecule has 2 amide bonds. The van der Waals surface area contributed by atoms with Crippen molar-refractivity contribution in [3.05, 3.63) is 35.5 Å². The number of hydrogen-bond acceptors (Lipinski definition) is 2. The van der Waals surface area contributed by atoms with Gasteiger partial charge in [-0.2, -0.15) is 0 Å². The molecule has 3 N–H and O–H groups in total. The van der Waals surface area contributed by atoms with E-state index in [-0.39, 0.29) is 18.7 Å². The van der Waals surface area contributed by atoms with E-state index in [9.17, 15) is 9.90 Å². The van der Waals surface area contributed by atoms with Crippen molar-refractivity contribution >= 4 is 16.9 Å². The first-order valence-corrected chi connectivity index (χ1v) is 8.32. The van der Waals surface area contributed by atoms with E-state index in [2.05, 4.69) is 42.3 Å². The third kappa shape index (κ3) is 3.20. The number of aliphatic hydroxyl groups is 1. The standard InChI is InChI=1S/C18H25N3O2/c1-12-3-4-15-14(10-20-16(15)9-12)5-7-19-18(23)21-8-6-13(2)17(21)11-22/h3-4,9-10,13,17,20,22H,5-8,11H2,1-2H3,(H,19,23). The Labute approximate surface area is 136 Å². The summed E-state index contributed by atoms with van der Waals surface area (Å²) in [6, 6.07) is 6.25. The number of aliphatic hydroxyl groups excluding tert-OH is 1. The molecule has 0 saturated carbocycles. The van der Waals surface area contributed by atoms with E-state index in [0.29, 0.717) is 12.5 Å². The van der Waals surface area contributed by atoms with Crippen molar-refractivity contribution in [3.8, 4) is 0 Å². The van der Waals surface area contributed by atoms with Crippen molar-refractivity contribution < 1.29 is 9.90 Å². The fraction of sp³-hybridized carbons (Fsp3) is 0.500. The topological polar surface area (TPSA) is 68.4 Å². The molecular formula is C18H25N3O2. The Morgan fingerprint density at radius 3 is 3.09 bits per heavy atom. The second-order valence-electron chi connectivity index (χ2n) is 6.55. The second kappa shape index (κ2) is 6.62. The number of H-pyrrole nitrogens is 1. The van der Waals surface area contributed by atoms with E-state index in [0.717, 1.165) is 24.9 Å². The summed E-state index contributed by atoms with van der Waals surface area (Å²) in [4.78, 5) is 17.3. The number of carbonyl (C=O) groups is 1. The van der Waals surface area contributed by atoms with Crippen LogP contribution in [0.25, 0.3) is 10.9 Å². The van der Waals surface area contributed by atoms with Crippen LogP contribution >= 0.6 is 0 Å². The van der Waals surface area contributed by atoms with Crippen molar-refractivity contribution in [2.75, 3.05) is 19.7 Å². The molecule has 1 aromatic heterocycles. The van der Waals surface area contributed by atoms with Gasteiger partial charge in [-0.25, -0.2) is 4.79 Å². The van der Waals surface area contributed by atoms with E-state index in [4.69, 9.17) is 0 Å². The first-order chi connectivity index (χ1) is 11.1. The molecule has 1 aliphatic heterocycles. The lowest BCUT2D eigenvalue weighted by molar-refractivity contribution is 0.144. The lowest BCUT2D eigenvalue weighted by Crippen LogP contribution is -2.46. The molecule has 1 saturated heterocycles. The summed E-state index contributed by atoms with van der Waals surface area (Å²) in [6.07, 6.45) is 3.77. The van der Waals surface area contributed by atoms with Crippen LogP contribution in [0.15, 0.2) is 24.4 Å². The van der Waals surface area contributed by atoms with Crippen LogP contribution in [0.5, 0.6) is 0 Å². The van der Waals surface area contributed by atoms with E-state index in [1.807, 2.05) is 6.20 Å². The number of nitrogens with one attached hydrogen (secondary N) is 2. The van der Waals surface area contributed by atoms with Crippen molar-refractivity contribution in [1.29, 1.82) is 0 Å². The SMILES string of the molecule is Cc1ccc2c(CCNC(=O)N3CCC(C)C3CO)c[nH]c2c1. The van der Waals surface area contributed by atoms with Crippen LogP contribution < -0.4 is 5.32 Å². The van der Waals surface area contributed by atoms with Crippen molar-refractivity contribution in [2.24, 2.45) is 5.92 Å². The maximum atomic E-state index is 12.3. The Balaban J connectivity index is 1.57. The normalized spacial score (nSPS) is 21.1. The first kappa shape index (κ1) is 15.9. The minimum Gasteiger partial charge on any atom is -0.394 e. The maximum Gasteiger partial charge on any atom is 0.317 e. The van der Waals surface area contributed by atoms with E-state index >= 15 is 0 Å². The molecule has 1 fully saturated rings. The molecule has 124 valence electrons. The Hall–Kier alpha value is -2.01. The molecule has 3 rings (SSSR count). The highest BCUT2D eigenvalue weighted by Gasteiger charge is 2.33. The molecule has 0 aliphatic carbocycles. The number of hydrogen-bond donors (Lipinski definition) is 3. The molecule has 5 nitrogen and oxygen atoms in total. The Bertz CT molecular complexity index is 695. The molecule has 2 atom stereocenters. The van der Waals surface area contributed by atoms with Gasteiger partial charge in [0.1, 0.15) is 0 Å². The number of amides is 2. The van der Waals surface area contributed by atoms with Gasteiger partial charge in [-0.3, -0.25) is 0 Å². The molecule has 0 spiro atoms. The van der Waals surface area contributed by atoms with Crippen LogP contribution in [-0.4, -0.2) is 46.8 Å². The lowest BCUT2D eigenvalue weighted by atomic mass is 10.0. The predicted octanol–water partition coefficient (Wildman–Crippen LogP) is 2.43.